The van der Waals surface area contributed by atoms with Crippen LogP contribution in [0.25, 0.3) is 0 Å². The van der Waals surface area contributed by atoms with Crippen molar-refractivity contribution in [1.29, 1.82) is 0 Å². The van der Waals surface area contributed by atoms with Crippen molar-refractivity contribution in [2.45, 2.75) is 38.8 Å². The summed E-state index contributed by atoms with van der Waals surface area (Å²) in [5.74, 6) is 1.30. The molecule has 2 rings (SSSR count). The van der Waals surface area contributed by atoms with Crippen LogP contribution in [-0.2, 0) is 4.79 Å². The molecule has 1 amide bonds. The number of ether oxygens (including phenoxy) is 2. The first kappa shape index (κ1) is 19.1. The first-order chi connectivity index (χ1) is 12.1. The Labute approximate surface area is 154 Å². The fraction of sp³-hybridized carbons (Fsp3) is 0.350. The minimum Gasteiger partial charge on any atom is -0.497 e. The lowest BCUT2D eigenvalue weighted by Gasteiger charge is -2.22. The summed E-state index contributed by atoms with van der Waals surface area (Å²) in [4.78, 5) is 12.6. The third kappa shape index (κ3) is 5.40. The van der Waals surface area contributed by atoms with E-state index in [0.717, 1.165) is 17.7 Å². The first-order valence-electron chi connectivity index (χ1n) is 8.43. The molecule has 0 saturated carbocycles. The first-order valence-corrected chi connectivity index (χ1v) is 8.81. The Bertz CT molecular complexity index is 670. The zero-order valence-corrected chi connectivity index (χ0v) is 15.5. The highest BCUT2D eigenvalue weighted by Gasteiger charge is 2.22. The monoisotopic (exact) mass is 361 g/mol. The summed E-state index contributed by atoms with van der Waals surface area (Å²) in [6, 6.07) is 14.7. The lowest BCUT2D eigenvalue weighted by molar-refractivity contribution is -0.128. The molecule has 0 bridgehead atoms. The van der Waals surface area contributed by atoms with Crippen LogP contribution < -0.4 is 14.8 Å². The van der Waals surface area contributed by atoms with Gasteiger partial charge in [-0.05, 0) is 54.8 Å². The minimum atomic E-state index is -0.548. The molecule has 0 aliphatic heterocycles. The Morgan fingerprint density at radius 2 is 1.60 bits per heavy atom. The van der Waals surface area contributed by atoms with Gasteiger partial charge in [0.1, 0.15) is 11.5 Å². The van der Waals surface area contributed by atoms with Gasteiger partial charge in [-0.3, -0.25) is 4.79 Å². The average molecular weight is 362 g/mol. The van der Waals surface area contributed by atoms with Crippen molar-refractivity contribution >= 4 is 17.5 Å². The molecule has 0 aliphatic rings. The molecule has 0 fully saturated rings. The quantitative estimate of drug-likeness (QED) is 0.736. The van der Waals surface area contributed by atoms with E-state index in [-0.39, 0.29) is 11.9 Å². The van der Waals surface area contributed by atoms with Crippen LogP contribution in [0.5, 0.6) is 11.5 Å². The summed E-state index contributed by atoms with van der Waals surface area (Å²) in [5, 5.41) is 3.71. The van der Waals surface area contributed by atoms with Crippen LogP contribution in [0, 0.1) is 0 Å². The molecule has 0 unspecified atom stereocenters. The van der Waals surface area contributed by atoms with E-state index in [1.54, 1.807) is 31.4 Å². The number of benzene rings is 2. The van der Waals surface area contributed by atoms with Gasteiger partial charge in [-0.2, -0.15) is 0 Å². The number of carbonyl (C=O) groups is 1. The number of rotatable bonds is 8. The zero-order chi connectivity index (χ0) is 18.2. The number of hydrogen-bond acceptors (Lipinski definition) is 3. The highest BCUT2D eigenvalue weighted by Crippen LogP contribution is 2.21. The minimum absolute atomic E-state index is 0.0683. The summed E-state index contributed by atoms with van der Waals surface area (Å²) < 4.78 is 11.0. The van der Waals surface area contributed by atoms with Crippen LogP contribution >= 0.6 is 11.6 Å². The van der Waals surface area contributed by atoms with Crippen molar-refractivity contribution in [2.75, 3.05) is 7.11 Å². The normalized spacial score (nSPS) is 13.0. The maximum atomic E-state index is 12.6. The highest BCUT2D eigenvalue weighted by atomic mass is 35.5. The van der Waals surface area contributed by atoms with E-state index in [1.807, 2.05) is 38.1 Å². The lowest BCUT2D eigenvalue weighted by Crippen LogP contribution is -2.39. The van der Waals surface area contributed by atoms with Gasteiger partial charge in [0.05, 0.1) is 13.2 Å². The highest BCUT2D eigenvalue weighted by molar-refractivity contribution is 6.30. The molecule has 1 N–H and O–H groups in total. The number of methoxy groups -OCH3 is 1. The third-order valence-electron chi connectivity index (χ3n) is 4.00. The molecular formula is C20H24ClNO3. The molecule has 5 heteroatoms. The van der Waals surface area contributed by atoms with Gasteiger partial charge in [0, 0.05) is 5.02 Å². The van der Waals surface area contributed by atoms with E-state index < -0.39 is 6.10 Å². The molecular weight excluding hydrogens is 338 g/mol. The fourth-order valence-corrected chi connectivity index (χ4v) is 2.65. The molecule has 134 valence electrons. The predicted octanol–water partition coefficient (Wildman–Crippen LogP) is 4.77. The van der Waals surface area contributed by atoms with Crippen LogP contribution in [0.15, 0.2) is 48.5 Å². The maximum absolute atomic E-state index is 12.6. The summed E-state index contributed by atoms with van der Waals surface area (Å²) in [7, 11) is 1.63. The van der Waals surface area contributed by atoms with Crippen molar-refractivity contribution in [2.24, 2.45) is 0 Å². The molecule has 0 spiro atoms. The van der Waals surface area contributed by atoms with Gasteiger partial charge < -0.3 is 14.8 Å². The summed E-state index contributed by atoms with van der Waals surface area (Å²) >= 11 is 5.88. The van der Waals surface area contributed by atoms with Crippen molar-refractivity contribution < 1.29 is 14.3 Å². The van der Waals surface area contributed by atoms with Gasteiger partial charge in [-0.15, -0.1) is 0 Å². The van der Waals surface area contributed by atoms with Crippen LogP contribution in [0.3, 0.4) is 0 Å². The molecule has 0 aromatic heterocycles. The summed E-state index contributed by atoms with van der Waals surface area (Å²) in [6.45, 7) is 3.96. The predicted molar refractivity (Wildman–Crippen MR) is 100 cm³/mol. The second-order valence-corrected chi connectivity index (χ2v) is 6.15. The third-order valence-corrected chi connectivity index (χ3v) is 4.25. The van der Waals surface area contributed by atoms with E-state index in [9.17, 15) is 4.79 Å². The van der Waals surface area contributed by atoms with Gasteiger partial charge >= 0.3 is 0 Å². The van der Waals surface area contributed by atoms with E-state index >= 15 is 0 Å². The van der Waals surface area contributed by atoms with Crippen molar-refractivity contribution in [3.8, 4) is 11.5 Å². The second-order valence-electron chi connectivity index (χ2n) is 5.71. The smallest absolute Gasteiger partial charge is 0.261 e. The number of hydrogen-bond donors (Lipinski definition) is 1. The largest absolute Gasteiger partial charge is 0.497 e. The average Bonchev–Trinajstić information content (AvgIpc) is 2.65. The number of halogens is 1. The van der Waals surface area contributed by atoms with Crippen LogP contribution in [0.1, 0.15) is 38.3 Å². The molecule has 25 heavy (non-hydrogen) atoms. The Morgan fingerprint density at radius 1 is 1.00 bits per heavy atom. The zero-order valence-electron chi connectivity index (χ0n) is 14.8. The summed E-state index contributed by atoms with van der Waals surface area (Å²) in [6.07, 6.45) is 0.816. The molecule has 0 aliphatic carbocycles. The summed E-state index contributed by atoms with van der Waals surface area (Å²) in [5.41, 5.74) is 1.04. The van der Waals surface area contributed by atoms with Crippen LogP contribution in [0.2, 0.25) is 5.02 Å². The molecule has 0 saturated heterocycles. The van der Waals surface area contributed by atoms with E-state index in [4.69, 9.17) is 21.1 Å². The number of nitrogens with one attached hydrogen (secondary N) is 1. The van der Waals surface area contributed by atoms with Crippen LogP contribution in [-0.4, -0.2) is 19.1 Å². The molecule has 2 atom stereocenters. The Balaban J connectivity index is 2.03. The van der Waals surface area contributed by atoms with Crippen molar-refractivity contribution in [1.82, 2.24) is 5.32 Å². The van der Waals surface area contributed by atoms with Gasteiger partial charge in [0.15, 0.2) is 6.10 Å². The SMILES string of the molecule is CC[C@@H](Oc1ccc(Cl)cc1)C(=O)N[C@H](CC)c1ccc(OC)cc1. The van der Waals surface area contributed by atoms with E-state index in [0.29, 0.717) is 17.2 Å². The Morgan fingerprint density at radius 3 is 2.12 bits per heavy atom. The molecule has 4 nitrogen and oxygen atoms in total. The molecule has 0 radical (unpaired) electrons. The number of carbonyl (C=O) groups excluding carboxylic acids is 1. The van der Waals surface area contributed by atoms with Gasteiger partial charge in [-0.1, -0.05) is 37.6 Å². The van der Waals surface area contributed by atoms with Gasteiger partial charge in [-0.25, -0.2) is 0 Å². The Hall–Kier alpha value is -2.20. The standard InChI is InChI=1S/C20H24ClNO3/c1-4-18(14-6-10-16(24-3)11-7-14)22-20(23)19(5-2)25-17-12-8-15(21)9-13-17/h6-13,18-19H,4-5H2,1-3H3,(H,22,23)/t18-,19-/m1/s1. The van der Waals surface area contributed by atoms with Crippen molar-refractivity contribution in [3.63, 3.8) is 0 Å². The molecule has 2 aromatic rings. The topological polar surface area (TPSA) is 47.6 Å². The van der Waals surface area contributed by atoms with E-state index in [2.05, 4.69) is 5.32 Å². The second kappa shape index (κ2) is 9.33. The number of amides is 1. The van der Waals surface area contributed by atoms with Crippen LogP contribution in [0.4, 0.5) is 0 Å². The van der Waals surface area contributed by atoms with E-state index in [1.165, 1.54) is 0 Å². The van der Waals surface area contributed by atoms with Gasteiger partial charge in [0.2, 0.25) is 0 Å². The fourth-order valence-electron chi connectivity index (χ4n) is 2.52. The Kier molecular flexibility index (Phi) is 7.14. The molecule has 0 heterocycles. The van der Waals surface area contributed by atoms with Gasteiger partial charge in [0.25, 0.3) is 5.91 Å². The molecule has 2 aromatic carbocycles. The maximum Gasteiger partial charge on any atom is 0.261 e. The van der Waals surface area contributed by atoms with Crippen molar-refractivity contribution in [3.05, 3.63) is 59.1 Å². The lowest BCUT2D eigenvalue weighted by atomic mass is 10.0.